The molecule has 1 saturated heterocycles. The van der Waals surface area contributed by atoms with Gasteiger partial charge in [0.2, 0.25) is 5.91 Å². The van der Waals surface area contributed by atoms with Crippen molar-refractivity contribution in [3.63, 3.8) is 0 Å². The van der Waals surface area contributed by atoms with Gasteiger partial charge in [-0.3, -0.25) is 9.59 Å². The van der Waals surface area contributed by atoms with Gasteiger partial charge in [-0.15, -0.1) is 0 Å². The molecule has 0 radical (unpaired) electrons. The molecule has 6 heteroatoms. The summed E-state index contributed by atoms with van der Waals surface area (Å²) in [4.78, 5) is 35.2. The second-order valence-corrected chi connectivity index (χ2v) is 9.35. The van der Waals surface area contributed by atoms with E-state index in [1.807, 2.05) is 4.90 Å². The highest BCUT2D eigenvalue weighted by molar-refractivity contribution is 5.78. The summed E-state index contributed by atoms with van der Waals surface area (Å²) in [6, 6.07) is 0.541. The minimum absolute atomic E-state index is 0.00986. The molecule has 2 aliphatic carbocycles. The van der Waals surface area contributed by atoms with Crippen molar-refractivity contribution in [1.29, 1.82) is 0 Å². The Morgan fingerprint density at radius 3 is 2.81 bits per heavy atom. The lowest BCUT2D eigenvalue weighted by molar-refractivity contribution is -0.132. The van der Waals surface area contributed by atoms with Crippen LogP contribution in [0.15, 0.2) is 4.79 Å². The van der Waals surface area contributed by atoms with E-state index in [1.54, 1.807) is 0 Å². The van der Waals surface area contributed by atoms with Crippen LogP contribution in [0.4, 0.5) is 0 Å². The van der Waals surface area contributed by atoms with Gasteiger partial charge in [-0.25, -0.2) is 4.98 Å². The molecule has 0 bridgehead atoms. The standard InChI is InChI=1S/C20H30N4O2/c1-19(2,3)18-22-16-14(17(26)23-18)7-9-20(16)8-4-10-24(12-20)15(25)11-21-13-5-6-13/h13,21H,4-12H2,1-3H3,(H,22,23,26). The normalized spacial score (nSPS) is 25.6. The minimum atomic E-state index is -0.198. The van der Waals surface area contributed by atoms with Crippen LogP contribution in [0.25, 0.3) is 0 Å². The third-order valence-electron chi connectivity index (χ3n) is 6.13. The van der Waals surface area contributed by atoms with Gasteiger partial charge in [0.1, 0.15) is 5.82 Å². The van der Waals surface area contributed by atoms with E-state index in [0.29, 0.717) is 19.1 Å². The molecule has 1 atom stereocenters. The van der Waals surface area contributed by atoms with Crippen LogP contribution in [-0.4, -0.2) is 46.5 Å². The molecule has 6 nitrogen and oxygen atoms in total. The van der Waals surface area contributed by atoms with Gasteiger partial charge >= 0.3 is 0 Å². The number of piperidine rings is 1. The van der Waals surface area contributed by atoms with E-state index < -0.39 is 0 Å². The van der Waals surface area contributed by atoms with Crippen molar-refractivity contribution in [3.05, 3.63) is 27.4 Å². The Morgan fingerprint density at radius 2 is 2.12 bits per heavy atom. The zero-order valence-corrected chi connectivity index (χ0v) is 16.2. The summed E-state index contributed by atoms with van der Waals surface area (Å²) in [6.45, 7) is 8.16. The molecule has 26 heavy (non-hydrogen) atoms. The van der Waals surface area contributed by atoms with Crippen molar-refractivity contribution >= 4 is 5.91 Å². The van der Waals surface area contributed by atoms with Gasteiger partial charge in [0, 0.05) is 35.5 Å². The molecule has 2 N–H and O–H groups in total. The highest BCUT2D eigenvalue weighted by Gasteiger charge is 2.46. The molecule has 1 aromatic heterocycles. The van der Waals surface area contributed by atoms with Crippen molar-refractivity contribution in [2.45, 2.75) is 76.2 Å². The largest absolute Gasteiger partial charge is 0.341 e. The Morgan fingerprint density at radius 1 is 1.35 bits per heavy atom. The van der Waals surface area contributed by atoms with Crippen LogP contribution in [0.1, 0.15) is 70.0 Å². The van der Waals surface area contributed by atoms with Crippen LogP contribution in [0.3, 0.4) is 0 Å². The lowest BCUT2D eigenvalue weighted by Gasteiger charge is -2.40. The van der Waals surface area contributed by atoms with Crippen LogP contribution >= 0.6 is 0 Å². The molecule has 1 unspecified atom stereocenters. The van der Waals surface area contributed by atoms with E-state index in [1.165, 1.54) is 12.8 Å². The van der Waals surface area contributed by atoms with Crippen LogP contribution in [-0.2, 0) is 22.0 Å². The van der Waals surface area contributed by atoms with Gasteiger partial charge in [-0.2, -0.15) is 0 Å². The molecule has 1 amide bonds. The summed E-state index contributed by atoms with van der Waals surface area (Å²) in [7, 11) is 0. The Balaban J connectivity index is 1.60. The van der Waals surface area contributed by atoms with E-state index in [2.05, 4.69) is 31.1 Å². The number of nitrogens with one attached hydrogen (secondary N) is 2. The fourth-order valence-corrected chi connectivity index (χ4v) is 4.38. The molecule has 2 heterocycles. The molecule has 4 rings (SSSR count). The molecule has 0 aromatic carbocycles. The maximum atomic E-state index is 12.7. The average Bonchev–Trinajstić information content (AvgIpc) is 3.36. The zero-order valence-electron chi connectivity index (χ0n) is 16.2. The first-order valence-corrected chi connectivity index (χ1v) is 9.94. The number of likely N-dealkylation sites (tertiary alicyclic amines) is 1. The molecular formula is C20H30N4O2. The first-order valence-electron chi connectivity index (χ1n) is 9.94. The number of amides is 1. The second kappa shape index (κ2) is 6.19. The maximum Gasteiger partial charge on any atom is 0.254 e. The molecule has 2 fully saturated rings. The smallest absolute Gasteiger partial charge is 0.254 e. The van der Waals surface area contributed by atoms with Gasteiger partial charge in [0.05, 0.1) is 12.2 Å². The predicted molar refractivity (Wildman–Crippen MR) is 100 cm³/mol. The molecule has 142 valence electrons. The van der Waals surface area contributed by atoms with Crippen molar-refractivity contribution in [1.82, 2.24) is 20.2 Å². The number of hydrogen-bond donors (Lipinski definition) is 2. The van der Waals surface area contributed by atoms with Crippen LogP contribution < -0.4 is 10.9 Å². The lowest BCUT2D eigenvalue weighted by atomic mass is 9.77. The van der Waals surface area contributed by atoms with Gasteiger partial charge in [-0.05, 0) is 38.5 Å². The van der Waals surface area contributed by atoms with E-state index in [9.17, 15) is 9.59 Å². The second-order valence-electron chi connectivity index (χ2n) is 9.35. The quantitative estimate of drug-likeness (QED) is 0.861. The van der Waals surface area contributed by atoms with E-state index in [-0.39, 0.29) is 22.3 Å². The maximum absolute atomic E-state index is 12.7. The molecule has 3 aliphatic rings. The zero-order chi connectivity index (χ0) is 18.5. The lowest BCUT2D eigenvalue weighted by Crippen LogP contribution is -2.50. The number of nitrogens with zero attached hydrogens (tertiary/aromatic N) is 2. The summed E-state index contributed by atoms with van der Waals surface area (Å²) in [5.74, 6) is 0.937. The Hall–Kier alpha value is -1.69. The Labute approximate surface area is 154 Å². The van der Waals surface area contributed by atoms with Crippen LogP contribution in [0, 0.1) is 0 Å². The summed E-state index contributed by atoms with van der Waals surface area (Å²) >= 11 is 0. The molecular weight excluding hydrogens is 328 g/mol. The first kappa shape index (κ1) is 17.7. The summed E-state index contributed by atoms with van der Waals surface area (Å²) in [5.41, 5.74) is 1.46. The Kier molecular flexibility index (Phi) is 4.21. The van der Waals surface area contributed by atoms with Crippen LogP contribution in [0.2, 0.25) is 0 Å². The minimum Gasteiger partial charge on any atom is -0.341 e. The summed E-state index contributed by atoms with van der Waals surface area (Å²) in [5, 5.41) is 3.33. The molecule has 1 aliphatic heterocycles. The van der Waals surface area contributed by atoms with Crippen molar-refractivity contribution < 1.29 is 4.79 Å². The topological polar surface area (TPSA) is 78.1 Å². The number of hydrogen-bond acceptors (Lipinski definition) is 4. The number of fused-ring (bicyclic) bond motifs is 2. The monoisotopic (exact) mass is 358 g/mol. The Bertz CT molecular complexity index is 775. The van der Waals surface area contributed by atoms with Gasteiger partial charge < -0.3 is 15.2 Å². The van der Waals surface area contributed by atoms with Gasteiger partial charge in [0.15, 0.2) is 0 Å². The number of carbonyl (C=O) groups is 1. The van der Waals surface area contributed by atoms with E-state index >= 15 is 0 Å². The highest BCUT2D eigenvalue weighted by atomic mass is 16.2. The van der Waals surface area contributed by atoms with Crippen molar-refractivity contribution in [3.8, 4) is 0 Å². The molecule has 1 saturated carbocycles. The molecule has 1 spiro atoms. The third-order valence-corrected chi connectivity index (χ3v) is 6.13. The van der Waals surface area contributed by atoms with Crippen molar-refractivity contribution in [2.24, 2.45) is 0 Å². The fraction of sp³-hybridized carbons (Fsp3) is 0.750. The number of aromatic nitrogens is 2. The van der Waals surface area contributed by atoms with Crippen molar-refractivity contribution in [2.75, 3.05) is 19.6 Å². The molecule has 1 aromatic rings. The highest BCUT2D eigenvalue weighted by Crippen LogP contribution is 2.43. The SMILES string of the molecule is CC(C)(C)c1nc2c(c(=O)[nH]1)CCC21CCCN(C(=O)CNC2CC2)C1. The van der Waals surface area contributed by atoms with E-state index in [0.717, 1.165) is 49.3 Å². The number of rotatable bonds is 3. The number of carbonyl (C=O) groups excluding carboxylic acids is 1. The summed E-state index contributed by atoms with van der Waals surface area (Å²) < 4.78 is 0. The summed E-state index contributed by atoms with van der Waals surface area (Å²) in [6.07, 6.45) is 6.06. The third kappa shape index (κ3) is 3.20. The average molecular weight is 358 g/mol. The van der Waals surface area contributed by atoms with Gasteiger partial charge in [0.25, 0.3) is 5.56 Å². The predicted octanol–water partition coefficient (Wildman–Crippen LogP) is 1.63. The van der Waals surface area contributed by atoms with Gasteiger partial charge in [-0.1, -0.05) is 20.8 Å². The fourth-order valence-electron chi connectivity index (χ4n) is 4.38. The number of H-pyrrole nitrogens is 1. The van der Waals surface area contributed by atoms with Crippen LogP contribution in [0.5, 0.6) is 0 Å². The number of aromatic amines is 1. The van der Waals surface area contributed by atoms with E-state index in [4.69, 9.17) is 4.98 Å². The first-order chi connectivity index (χ1) is 12.3.